The first-order valence-electron chi connectivity index (χ1n) is 7.37. The summed E-state index contributed by atoms with van der Waals surface area (Å²) in [6, 6.07) is 7.61. The molecule has 3 rings (SSSR count). The van der Waals surface area contributed by atoms with Crippen LogP contribution in [-0.4, -0.2) is 17.3 Å². The Balaban J connectivity index is 1.73. The van der Waals surface area contributed by atoms with E-state index in [9.17, 15) is 5.11 Å². The van der Waals surface area contributed by atoms with Crippen LogP contribution in [0.1, 0.15) is 62.1 Å². The van der Waals surface area contributed by atoms with Crippen molar-refractivity contribution in [2.45, 2.75) is 63.1 Å². The summed E-state index contributed by atoms with van der Waals surface area (Å²) in [5.74, 6) is 0.622. The Kier molecular flexibility index (Phi) is 3.97. The molecule has 1 fully saturated rings. The SMILES string of the molecule is CC1CC(NC2CCC(O)CC2)c2cccc(Br)c21. The second-order valence-corrected chi connectivity index (χ2v) is 6.96. The van der Waals surface area contributed by atoms with Crippen LogP contribution < -0.4 is 5.32 Å². The Labute approximate surface area is 123 Å². The molecule has 3 heteroatoms. The molecule has 19 heavy (non-hydrogen) atoms. The fourth-order valence-electron chi connectivity index (χ4n) is 3.66. The lowest BCUT2D eigenvalue weighted by molar-refractivity contribution is 0.114. The molecule has 1 aromatic carbocycles. The molecule has 2 aliphatic carbocycles. The number of aliphatic hydroxyl groups excluding tert-OH is 1. The maximum atomic E-state index is 9.59. The van der Waals surface area contributed by atoms with Gasteiger partial charge in [-0.05, 0) is 55.2 Å². The third kappa shape index (κ3) is 2.74. The van der Waals surface area contributed by atoms with Gasteiger partial charge in [0.15, 0.2) is 0 Å². The van der Waals surface area contributed by atoms with E-state index in [-0.39, 0.29) is 6.10 Å². The largest absolute Gasteiger partial charge is 0.393 e. The van der Waals surface area contributed by atoms with E-state index in [4.69, 9.17) is 0 Å². The third-order valence-corrected chi connectivity index (χ3v) is 5.37. The van der Waals surface area contributed by atoms with Crippen LogP contribution in [0.15, 0.2) is 22.7 Å². The molecule has 2 aliphatic rings. The van der Waals surface area contributed by atoms with Crippen LogP contribution in [0.2, 0.25) is 0 Å². The smallest absolute Gasteiger partial charge is 0.0541 e. The zero-order valence-electron chi connectivity index (χ0n) is 11.4. The van der Waals surface area contributed by atoms with Gasteiger partial charge in [-0.15, -0.1) is 0 Å². The molecule has 0 aromatic heterocycles. The standard InChI is InChI=1S/C16H22BrNO/c1-10-9-15(13-3-2-4-14(17)16(10)13)18-11-5-7-12(19)8-6-11/h2-4,10-12,15,18-19H,5-9H2,1H3. The molecule has 2 N–H and O–H groups in total. The monoisotopic (exact) mass is 323 g/mol. The maximum Gasteiger partial charge on any atom is 0.0541 e. The number of halogens is 1. The minimum Gasteiger partial charge on any atom is -0.393 e. The Morgan fingerprint density at radius 1 is 1.21 bits per heavy atom. The van der Waals surface area contributed by atoms with Crippen molar-refractivity contribution in [1.82, 2.24) is 5.32 Å². The van der Waals surface area contributed by atoms with Gasteiger partial charge in [-0.3, -0.25) is 0 Å². The van der Waals surface area contributed by atoms with Crippen LogP contribution >= 0.6 is 15.9 Å². The van der Waals surface area contributed by atoms with Gasteiger partial charge in [0.25, 0.3) is 0 Å². The van der Waals surface area contributed by atoms with E-state index in [1.54, 1.807) is 0 Å². The van der Waals surface area contributed by atoms with Crippen LogP contribution in [0.4, 0.5) is 0 Å². The van der Waals surface area contributed by atoms with Crippen LogP contribution in [-0.2, 0) is 0 Å². The average molecular weight is 324 g/mol. The fraction of sp³-hybridized carbons (Fsp3) is 0.625. The molecule has 2 atom stereocenters. The zero-order valence-corrected chi connectivity index (χ0v) is 13.0. The van der Waals surface area contributed by atoms with Gasteiger partial charge < -0.3 is 10.4 Å². The molecule has 104 valence electrons. The van der Waals surface area contributed by atoms with Crippen LogP contribution in [0.3, 0.4) is 0 Å². The summed E-state index contributed by atoms with van der Waals surface area (Å²) >= 11 is 3.69. The summed E-state index contributed by atoms with van der Waals surface area (Å²) in [6.45, 7) is 2.32. The molecule has 1 aromatic rings. The Bertz CT molecular complexity index is 454. The van der Waals surface area contributed by atoms with Crippen LogP contribution in [0, 0.1) is 0 Å². The highest BCUT2D eigenvalue weighted by molar-refractivity contribution is 9.10. The minimum absolute atomic E-state index is 0.0676. The van der Waals surface area contributed by atoms with Gasteiger partial charge in [0.2, 0.25) is 0 Å². The fourth-order valence-corrected chi connectivity index (χ4v) is 4.43. The highest BCUT2D eigenvalue weighted by Gasteiger charge is 2.31. The third-order valence-electron chi connectivity index (χ3n) is 4.68. The average Bonchev–Trinajstić information content (AvgIpc) is 2.70. The lowest BCUT2D eigenvalue weighted by Gasteiger charge is -2.29. The predicted molar refractivity (Wildman–Crippen MR) is 81.3 cm³/mol. The van der Waals surface area contributed by atoms with Crippen molar-refractivity contribution < 1.29 is 5.11 Å². The van der Waals surface area contributed by atoms with Gasteiger partial charge in [-0.2, -0.15) is 0 Å². The summed E-state index contributed by atoms with van der Waals surface area (Å²) < 4.78 is 1.25. The lowest BCUT2D eigenvalue weighted by atomic mass is 9.92. The maximum absolute atomic E-state index is 9.59. The molecule has 0 bridgehead atoms. The van der Waals surface area contributed by atoms with E-state index in [0.29, 0.717) is 18.0 Å². The first kappa shape index (κ1) is 13.6. The van der Waals surface area contributed by atoms with E-state index < -0.39 is 0 Å². The summed E-state index contributed by atoms with van der Waals surface area (Å²) in [4.78, 5) is 0. The van der Waals surface area contributed by atoms with Crippen molar-refractivity contribution in [1.29, 1.82) is 0 Å². The van der Waals surface area contributed by atoms with Crippen molar-refractivity contribution >= 4 is 15.9 Å². The molecular formula is C16H22BrNO. The van der Waals surface area contributed by atoms with Crippen molar-refractivity contribution in [3.05, 3.63) is 33.8 Å². The molecule has 0 radical (unpaired) electrons. The number of aliphatic hydroxyl groups is 1. The van der Waals surface area contributed by atoms with E-state index in [2.05, 4.69) is 46.4 Å². The Morgan fingerprint density at radius 2 is 1.95 bits per heavy atom. The van der Waals surface area contributed by atoms with Gasteiger partial charge in [-0.1, -0.05) is 35.0 Å². The van der Waals surface area contributed by atoms with Crippen LogP contribution in [0.25, 0.3) is 0 Å². The number of fused-ring (bicyclic) bond motifs is 1. The van der Waals surface area contributed by atoms with E-state index >= 15 is 0 Å². The van der Waals surface area contributed by atoms with Crippen molar-refractivity contribution in [2.24, 2.45) is 0 Å². The Morgan fingerprint density at radius 3 is 2.68 bits per heavy atom. The molecule has 1 saturated carbocycles. The van der Waals surface area contributed by atoms with Gasteiger partial charge in [-0.25, -0.2) is 0 Å². The first-order valence-corrected chi connectivity index (χ1v) is 8.17. The minimum atomic E-state index is -0.0676. The molecule has 0 saturated heterocycles. The van der Waals surface area contributed by atoms with Crippen molar-refractivity contribution in [3.63, 3.8) is 0 Å². The molecular weight excluding hydrogens is 302 g/mol. The van der Waals surface area contributed by atoms with Gasteiger partial charge in [0, 0.05) is 16.6 Å². The van der Waals surface area contributed by atoms with E-state index in [1.807, 2.05) is 0 Å². The molecule has 2 nitrogen and oxygen atoms in total. The number of hydrogen-bond donors (Lipinski definition) is 2. The van der Waals surface area contributed by atoms with Crippen molar-refractivity contribution in [3.8, 4) is 0 Å². The number of rotatable bonds is 2. The second-order valence-electron chi connectivity index (χ2n) is 6.10. The molecule has 0 spiro atoms. The molecule has 2 unspecified atom stereocenters. The van der Waals surface area contributed by atoms with Gasteiger partial charge in [0.1, 0.15) is 0 Å². The van der Waals surface area contributed by atoms with Crippen molar-refractivity contribution in [2.75, 3.05) is 0 Å². The number of nitrogens with one attached hydrogen (secondary N) is 1. The highest BCUT2D eigenvalue weighted by atomic mass is 79.9. The lowest BCUT2D eigenvalue weighted by Crippen LogP contribution is -2.36. The normalized spacial score (nSPS) is 34.3. The summed E-state index contributed by atoms with van der Waals surface area (Å²) in [7, 11) is 0. The zero-order chi connectivity index (χ0) is 13.4. The molecule has 0 heterocycles. The first-order chi connectivity index (χ1) is 9.15. The van der Waals surface area contributed by atoms with Gasteiger partial charge >= 0.3 is 0 Å². The molecule has 0 amide bonds. The van der Waals surface area contributed by atoms with Gasteiger partial charge in [0.05, 0.1) is 6.10 Å². The highest BCUT2D eigenvalue weighted by Crippen LogP contribution is 2.44. The topological polar surface area (TPSA) is 32.3 Å². The van der Waals surface area contributed by atoms with E-state index in [1.165, 1.54) is 22.0 Å². The second kappa shape index (κ2) is 5.55. The molecule has 0 aliphatic heterocycles. The Hall–Kier alpha value is -0.380. The summed E-state index contributed by atoms with van der Waals surface area (Å²) in [5, 5.41) is 13.4. The predicted octanol–water partition coefficient (Wildman–Crippen LogP) is 3.89. The number of hydrogen-bond acceptors (Lipinski definition) is 2. The summed E-state index contributed by atoms with van der Waals surface area (Å²) in [6.07, 6.45) is 5.24. The van der Waals surface area contributed by atoms with E-state index in [0.717, 1.165) is 25.7 Å². The number of benzene rings is 1. The van der Waals surface area contributed by atoms with Crippen LogP contribution in [0.5, 0.6) is 0 Å². The summed E-state index contributed by atoms with van der Waals surface area (Å²) in [5.41, 5.74) is 2.95. The quantitative estimate of drug-likeness (QED) is 0.865.